The maximum atomic E-state index is 12.4. The van der Waals surface area contributed by atoms with Gasteiger partial charge in [-0.3, -0.25) is 0 Å². The molecule has 0 atom stereocenters. The summed E-state index contributed by atoms with van der Waals surface area (Å²) in [5, 5.41) is 2.00. The SMILES string of the molecule is FC(F)(F)c1ccc(/C=C/C#CCCCC#Cc2cccs2)cc1. The van der Waals surface area contributed by atoms with Gasteiger partial charge in [-0.2, -0.15) is 13.2 Å². The van der Waals surface area contributed by atoms with Gasteiger partial charge in [0, 0.05) is 12.8 Å². The van der Waals surface area contributed by atoms with Gasteiger partial charge in [0.05, 0.1) is 10.4 Å². The van der Waals surface area contributed by atoms with Crippen molar-refractivity contribution >= 4 is 17.4 Å². The lowest BCUT2D eigenvalue weighted by molar-refractivity contribution is -0.137. The molecule has 24 heavy (non-hydrogen) atoms. The third-order valence-electron chi connectivity index (χ3n) is 3.04. The summed E-state index contributed by atoms with van der Waals surface area (Å²) in [4.78, 5) is 1.07. The van der Waals surface area contributed by atoms with Gasteiger partial charge in [-0.05, 0) is 47.7 Å². The Morgan fingerprint density at radius 2 is 1.75 bits per heavy atom. The highest BCUT2D eigenvalue weighted by atomic mass is 32.1. The molecule has 122 valence electrons. The molecule has 0 fully saturated rings. The number of allylic oxidation sites excluding steroid dienone is 1. The highest BCUT2D eigenvalue weighted by molar-refractivity contribution is 7.10. The van der Waals surface area contributed by atoms with Crippen molar-refractivity contribution in [3.05, 3.63) is 63.9 Å². The second kappa shape index (κ2) is 9.01. The fourth-order valence-corrected chi connectivity index (χ4v) is 2.41. The molecule has 0 N–H and O–H groups in total. The Hall–Kier alpha value is -2.43. The maximum absolute atomic E-state index is 12.4. The fraction of sp³-hybridized carbons (Fsp3) is 0.200. The summed E-state index contributed by atoms with van der Waals surface area (Å²) >= 11 is 1.62. The summed E-state index contributed by atoms with van der Waals surface area (Å²) in [6.07, 6.45) is 1.50. The van der Waals surface area contributed by atoms with Gasteiger partial charge in [-0.25, -0.2) is 0 Å². The van der Waals surface area contributed by atoms with Crippen LogP contribution in [-0.4, -0.2) is 0 Å². The van der Waals surface area contributed by atoms with E-state index >= 15 is 0 Å². The third kappa shape index (κ3) is 6.36. The first-order valence-corrected chi connectivity index (χ1v) is 8.28. The standard InChI is InChI=1S/C20H15F3S/c21-20(22,23)18-14-12-17(13-15-18)9-6-4-2-1-3-5-7-10-19-11-8-16-24-19/h6,8-9,11-16H,1,3,5H2/b9-6+. The number of hydrogen-bond donors (Lipinski definition) is 0. The molecule has 0 amide bonds. The van der Waals surface area contributed by atoms with Crippen LogP contribution in [0.3, 0.4) is 0 Å². The summed E-state index contributed by atoms with van der Waals surface area (Å²) in [6, 6.07) is 8.97. The molecule has 0 aliphatic rings. The molecule has 1 aromatic carbocycles. The minimum Gasteiger partial charge on any atom is -0.166 e. The molecule has 0 bridgehead atoms. The summed E-state index contributed by atoms with van der Waals surface area (Å²) in [6.45, 7) is 0. The van der Waals surface area contributed by atoms with E-state index in [1.54, 1.807) is 23.5 Å². The van der Waals surface area contributed by atoms with Crippen molar-refractivity contribution in [1.29, 1.82) is 0 Å². The zero-order chi connectivity index (χ0) is 17.3. The van der Waals surface area contributed by atoms with Gasteiger partial charge in [0.1, 0.15) is 0 Å². The molecule has 0 saturated carbocycles. The molecule has 0 spiro atoms. The van der Waals surface area contributed by atoms with E-state index in [1.165, 1.54) is 12.1 Å². The van der Waals surface area contributed by atoms with E-state index < -0.39 is 11.7 Å². The zero-order valence-electron chi connectivity index (χ0n) is 12.9. The minimum atomic E-state index is -4.30. The van der Waals surface area contributed by atoms with E-state index in [2.05, 4.69) is 23.7 Å². The second-order valence-corrected chi connectivity index (χ2v) is 5.85. The van der Waals surface area contributed by atoms with E-state index in [1.807, 2.05) is 17.5 Å². The summed E-state index contributed by atoms with van der Waals surface area (Å²) in [5.74, 6) is 12.1. The van der Waals surface area contributed by atoms with Gasteiger partial charge < -0.3 is 0 Å². The summed E-state index contributed by atoms with van der Waals surface area (Å²) in [7, 11) is 0. The minimum absolute atomic E-state index is 0.644. The average molecular weight is 344 g/mol. The van der Waals surface area contributed by atoms with E-state index in [0.29, 0.717) is 5.56 Å². The lowest BCUT2D eigenvalue weighted by Gasteiger charge is -2.05. The first kappa shape index (κ1) is 17.9. The first-order valence-electron chi connectivity index (χ1n) is 7.40. The number of alkyl halides is 3. The maximum Gasteiger partial charge on any atom is 0.416 e. The van der Waals surface area contributed by atoms with Crippen LogP contribution in [0.2, 0.25) is 0 Å². The first-order chi connectivity index (χ1) is 11.6. The number of hydrogen-bond acceptors (Lipinski definition) is 1. The Labute approximate surface area is 144 Å². The van der Waals surface area contributed by atoms with Crippen LogP contribution < -0.4 is 0 Å². The Balaban J connectivity index is 1.71. The normalized spacial score (nSPS) is 10.8. The lowest BCUT2D eigenvalue weighted by Crippen LogP contribution is -2.03. The van der Waals surface area contributed by atoms with Crippen molar-refractivity contribution in [3.63, 3.8) is 0 Å². The third-order valence-corrected chi connectivity index (χ3v) is 3.82. The van der Waals surface area contributed by atoms with Crippen LogP contribution in [0, 0.1) is 23.7 Å². The highest BCUT2D eigenvalue weighted by Crippen LogP contribution is 2.29. The number of rotatable bonds is 3. The van der Waals surface area contributed by atoms with Gasteiger partial charge in [-0.1, -0.05) is 41.9 Å². The zero-order valence-corrected chi connectivity index (χ0v) is 13.7. The molecule has 0 unspecified atom stereocenters. The molecule has 0 aliphatic heterocycles. The van der Waals surface area contributed by atoms with Gasteiger partial charge in [0.2, 0.25) is 0 Å². The van der Waals surface area contributed by atoms with Crippen molar-refractivity contribution in [2.45, 2.75) is 25.4 Å². The molecule has 0 nitrogen and oxygen atoms in total. The smallest absolute Gasteiger partial charge is 0.166 e. The van der Waals surface area contributed by atoms with Crippen molar-refractivity contribution in [3.8, 4) is 23.7 Å². The van der Waals surface area contributed by atoms with Gasteiger partial charge in [0.25, 0.3) is 0 Å². The topological polar surface area (TPSA) is 0 Å². The Kier molecular flexibility index (Phi) is 6.73. The lowest BCUT2D eigenvalue weighted by atomic mass is 10.1. The number of benzene rings is 1. The number of unbranched alkanes of at least 4 members (excludes halogenated alkanes) is 2. The van der Waals surface area contributed by atoms with Crippen LogP contribution in [0.1, 0.15) is 35.3 Å². The number of halogens is 3. The Morgan fingerprint density at radius 3 is 2.42 bits per heavy atom. The molecule has 0 radical (unpaired) electrons. The molecule has 1 heterocycles. The van der Waals surface area contributed by atoms with E-state index in [4.69, 9.17) is 0 Å². The van der Waals surface area contributed by atoms with E-state index in [-0.39, 0.29) is 0 Å². The van der Waals surface area contributed by atoms with Crippen molar-refractivity contribution in [1.82, 2.24) is 0 Å². The van der Waals surface area contributed by atoms with Crippen LogP contribution in [0.15, 0.2) is 47.9 Å². The summed E-state index contributed by atoms with van der Waals surface area (Å²) < 4.78 is 37.3. The van der Waals surface area contributed by atoms with Crippen molar-refractivity contribution < 1.29 is 13.2 Å². The number of thiophene rings is 1. The molecule has 1 aromatic heterocycles. The predicted molar refractivity (Wildman–Crippen MR) is 93.3 cm³/mol. The van der Waals surface area contributed by atoms with E-state index in [0.717, 1.165) is 36.3 Å². The molecule has 0 saturated heterocycles. The van der Waals surface area contributed by atoms with Crippen molar-refractivity contribution in [2.75, 3.05) is 0 Å². The van der Waals surface area contributed by atoms with Gasteiger partial charge >= 0.3 is 6.18 Å². The quantitative estimate of drug-likeness (QED) is 0.473. The second-order valence-electron chi connectivity index (χ2n) is 4.91. The predicted octanol–water partition coefficient (Wildman–Crippen LogP) is 6.01. The van der Waals surface area contributed by atoms with Crippen LogP contribution in [0.25, 0.3) is 6.08 Å². The Morgan fingerprint density at radius 1 is 1.00 bits per heavy atom. The largest absolute Gasteiger partial charge is 0.416 e. The van der Waals surface area contributed by atoms with Crippen LogP contribution in [-0.2, 0) is 6.18 Å². The molecule has 0 aliphatic carbocycles. The average Bonchev–Trinajstić information content (AvgIpc) is 3.06. The van der Waals surface area contributed by atoms with Crippen LogP contribution >= 0.6 is 11.3 Å². The van der Waals surface area contributed by atoms with Crippen LogP contribution in [0.4, 0.5) is 13.2 Å². The molecule has 4 heteroatoms. The summed E-state index contributed by atoms with van der Waals surface area (Å²) in [5.41, 5.74) is 0.0495. The Bertz CT molecular complexity index is 774. The fourth-order valence-electron chi connectivity index (χ4n) is 1.82. The monoisotopic (exact) mass is 344 g/mol. The molecular weight excluding hydrogens is 329 g/mol. The van der Waals surface area contributed by atoms with Crippen LogP contribution in [0.5, 0.6) is 0 Å². The van der Waals surface area contributed by atoms with E-state index in [9.17, 15) is 13.2 Å². The van der Waals surface area contributed by atoms with Crippen molar-refractivity contribution in [2.24, 2.45) is 0 Å². The van der Waals surface area contributed by atoms with Gasteiger partial charge in [0.15, 0.2) is 0 Å². The molecule has 2 rings (SSSR count). The van der Waals surface area contributed by atoms with Gasteiger partial charge in [-0.15, -0.1) is 11.3 Å². The molecule has 2 aromatic rings. The molecular formula is C20H15F3S. The highest BCUT2D eigenvalue weighted by Gasteiger charge is 2.29.